The summed E-state index contributed by atoms with van der Waals surface area (Å²) in [6.07, 6.45) is 1.02. The van der Waals surface area contributed by atoms with Crippen LogP contribution in [0.4, 0.5) is 0 Å². The van der Waals surface area contributed by atoms with Crippen molar-refractivity contribution in [1.29, 1.82) is 0 Å². The summed E-state index contributed by atoms with van der Waals surface area (Å²) in [5.41, 5.74) is 7.72. The zero-order valence-corrected chi connectivity index (χ0v) is 9.78. The fourth-order valence-corrected chi connectivity index (χ4v) is 2.33. The predicted molar refractivity (Wildman–Crippen MR) is 63.6 cm³/mol. The number of hydrogen-bond donors (Lipinski definition) is 2. The summed E-state index contributed by atoms with van der Waals surface area (Å²) in [7, 11) is 0. The molecule has 3 nitrogen and oxygen atoms in total. The molecule has 1 aromatic rings. The number of benzene rings is 1. The number of rotatable bonds is 3. The summed E-state index contributed by atoms with van der Waals surface area (Å²) in [5, 5.41) is 9.69. The van der Waals surface area contributed by atoms with Crippen molar-refractivity contribution in [2.45, 2.75) is 18.4 Å². The molecule has 0 aliphatic carbocycles. The maximum Gasteiger partial charge on any atom is 0.0624 e. The lowest BCUT2D eigenvalue weighted by Crippen LogP contribution is -2.14. The number of hydrogen-bond acceptors (Lipinski definition) is 3. The SMILES string of the molecule is NC(CO)c1ccc(C2CCOC2)c(Cl)c1. The largest absolute Gasteiger partial charge is 0.394 e. The zero-order valence-electron chi connectivity index (χ0n) is 9.03. The molecule has 1 heterocycles. The highest BCUT2D eigenvalue weighted by atomic mass is 35.5. The van der Waals surface area contributed by atoms with Crippen LogP contribution in [-0.4, -0.2) is 24.9 Å². The van der Waals surface area contributed by atoms with Crippen LogP contribution < -0.4 is 5.73 Å². The number of aliphatic hydroxyl groups is 1. The Kier molecular flexibility index (Phi) is 3.82. The molecule has 0 radical (unpaired) electrons. The first-order valence-corrected chi connectivity index (χ1v) is 5.83. The van der Waals surface area contributed by atoms with Crippen molar-refractivity contribution in [2.24, 2.45) is 5.73 Å². The van der Waals surface area contributed by atoms with Crippen LogP contribution in [0.1, 0.15) is 29.5 Å². The molecule has 0 saturated carbocycles. The minimum absolute atomic E-state index is 0.0672. The molecular weight excluding hydrogens is 226 g/mol. The van der Waals surface area contributed by atoms with E-state index in [0.29, 0.717) is 5.92 Å². The van der Waals surface area contributed by atoms with Gasteiger partial charge in [-0.05, 0) is 23.6 Å². The Hall–Kier alpha value is -0.610. The molecule has 2 unspecified atom stereocenters. The van der Waals surface area contributed by atoms with Crippen LogP contribution in [0.5, 0.6) is 0 Å². The second kappa shape index (κ2) is 5.15. The van der Waals surface area contributed by atoms with Crippen LogP contribution >= 0.6 is 11.6 Å². The van der Waals surface area contributed by atoms with E-state index >= 15 is 0 Å². The maximum absolute atomic E-state index is 8.97. The lowest BCUT2D eigenvalue weighted by atomic mass is 9.96. The van der Waals surface area contributed by atoms with Gasteiger partial charge in [-0.15, -0.1) is 0 Å². The first kappa shape index (κ1) is 11.9. The van der Waals surface area contributed by atoms with Gasteiger partial charge in [-0.25, -0.2) is 0 Å². The van der Waals surface area contributed by atoms with E-state index in [0.717, 1.165) is 35.8 Å². The quantitative estimate of drug-likeness (QED) is 0.849. The molecule has 3 N–H and O–H groups in total. The molecular formula is C12H16ClNO2. The van der Waals surface area contributed by atoms with Gasteiger partial charge in [-0.3, -0.25) is 0 Å². The van der Waals surface area contributed by atoms with E-state index < -0.39 is 0 Å². The molecule has 0 amide bonds. The summed E-state index contributed by atoms with van der Waals surface area (Å²) in [4.78, 5) is 0. The third-order valence-electron chi connectivity index (χ3n) is 3.02. The fraction of sp³-hybridized carbons (Fsp3) is 0.500. The number of nitrogens with two attached hydrogens (primary N) is 1. The Morgan fingerprint density at radius 1 is 1.56 bits per heavy atom. The normalized spacial score (nSPS) is 22.3. The van der Waals surface area contributed by atoms with Crippen molar-refractivity contribution in [3.63, 3.8) is 0 Å². The van der Waals surface area contributed by atoms with Gasteiger partial charge in [0.15, 0.2) is 0 Å². The van der Waals surface area contributed by atoms with Crippen LogP contribution in [0.3, 0.4) is 0 Å². The van der Waals surface area contributed by atoms with Gasteiger partial charge in [-0.2, -0.15) is 0 Å². The first-order valence-electron chi connectivity index (χ1n) is 5.46. The van der Waals surface area contributed by atoms with E-state index in [2.05, 4.69) is 0 Å². The second-order valence-corrected chi connectivity index (χ2v) is 4.54. The van der Waals surface area contributed by atoms with E-state index in [9.17, 15) is 0 Å². The summed E-state index contributed by atoms with van der Waals surface area (Å²) in [6, 6.07) is 5.41. The third kappa shape index (κ3) is 2.38. The van der Waals surface area contributed by atoms with Crippen molar-refractivity contribution in [3.8, 4) is 0 Å². The van der Waals surface area contributed by atoms with Crippen molar-refractivity contribution in [1.82, 2.24) is 0 Å². The van der Waals surface area contributed by atoms with Gasteiger partial charge in [-0.1, -0.05) is 23.7 Å². The molecule has 1 fully saturated rings. The minimum atomic E-state index is -0.355. The first-order chi connectivity index (χ1) is 7.72. The van der Waals surface area contributed by atoms with Crippen molar-refractivity contribution in [3.05, 3.63) is 34.3 Å². The highest BCUT2D eigenvalue weighted by Crippen LogP contribution is 2.32. The molecule has 1 aliphatic heterocycles. The molecule has 1 saturated heterocycles. The summed E-state index contributed by atoms with van der Waals surface area (Å²) < 4.78 is 5.34. The maximum atomic E-state index is 8.97. The predicted octanol–water partition coefficient (Wildman–Crippen LogP) is 1.84. The van der Waals surface area contributed by atoms with Crippen LogP contribution in [0.15, 0.2) is 18.2 Å². The topological polar surface area (TPSA) is 55.5 Å². The van der Waals surface area contributed by atoms with Crippen molar-refractivity contribution < 1.29 is 9.84 Å². The van der Waals surface area contributed by atoms with Gasteiger partial charge >= 0.3 is 0 Å². The van der Waals surface area contributed by atoms with Gasteiger partial charge in [0.2, 0.25) is 0 Å². The molecule has 1 aliphatic rings. The second-order valence-electron chi connectivity index (χ2n) is 4.13. The van der Waals surface area contributed by atoms with E-state index in [1.807, 2.05) is 18.2 Å². The summed E-state index contributed by atoms with van der Waals surface area (Å²) in [6.45, 7) is 1.48. The number of aliphatic hydroxyl groups excluding tert-OH is 1. The van der Waals surface area contributed by atoms with Gasteiger partial charge in [0.25, 0.3) is 0 Å². The Balaban J connectivity index is 2.22. The standard InChI is InChI=1S/C12H16ClNO2/c13-11-5-8(12(14)6-15)1-2-10(11)9-3-4-16-7-9/h1-2,5,9,12,15H,3-4,6-7,14H2. The Labute approximate surface area is 100 Å². The Morgan fingerprint density at radius 2 is 2.38 bits per heavy atom. The zero-order chi connectivity index (χ0) is 11.5. The van der Waals surface area contributed by atoms with Crippen LogP contribution in [0, 0.1) is 0 Å². The lowest BCUT2D eigenvalue weighted by molar-refractivity contribution is 0.194. The molecule has 1 aromatic carbocycles. The van der Waals surface area contributed by atoms with Crippen LogP contribution in [-0.2, 0) is 4.74 Å². The molecule has 16 heavy (non-hydrogen) atoms. The average Bonchev–Trinajstić information content (AvgIpc) is 2.81. The average molecular weight is 242 g/mol. The molecule has 2 rings (SSSR count). The minimum Gasteiger partial charge on any atom is -0.394 e. The van der Waals surface area contributed by atoms with Gasteiger partial charge < -0.3 is 15.6 Å². The van der Waals surface area contributed by atoms with E-state index in [1.54, 1.807) is 0 Å². The Morgan fingerprint density at radius 3 is 2.94 bits per heavy atom. The monoisotopic (exact) mass is 241 g/mol. The molecule has 0 bridgehead atoms. The molecule has 0 aromatic heterocycles. The molecule has 88 valence electrons. The smallest absolute Gasteiger partial charge is 0.0624 e. The van der Waals surface area contributed by atoms with Gasteiger partial charge in [0, 0.05) is 17.5 Å². The third-order valence-corrected chi connectivity index (χ3v) is 3.35. The highest BCUT2D eigenvalue weighted by Gasteiger charge is 2.20. The molecule has 2 atom stereocenters. The summed E-state index contributed by atoms with van der Waals surface area (Å²) in [5.74, 6) is 0.395. The lowest BCUT2D eigenvalue weighted by Gasteiger charge is -2.14. The van der Waals surface area contributed by atoms with E-state index in [-0.39, 0.29) is 12.6 Å². The Bertz CT molecular complexity index is 364. The molecule has 0 spiro atoms. The number of halogens is 1. The highest BCUT2D eigenvalue weighted by molar-refractivity contribution is 6.31. The number of ether oxygens (including phenoxy) is 1. The fourth-order valence-electron chi connectivity index (χ4n) is 1.99. The molecule has 4 heteroatoms. The van der Waals surface area contributed by atoms with E-state index in [1.165, 1.54) is 0 Å². The van der Waals surface area contributed by atoms with Crippen LogP contribution in [0.2, 0.25) is 5.02 Å². The van der Waals surface area contributed by atoms with Crippen LogP contribution in [0.25, 0.3) is 0 Å². The van der Waals surface area contributed by atoms with Gasteiger partial charge in [0.05, 0.1) is 19.3 Å². The van der Waals surface area contributed by atoms with Crippen molar-refractivity contribution in [2.75, 3.05) is 19.8 Å². The summed E-state index contributed by atoms with van der Waals surface area (Å²) >= 11 is 6.22. The van der Waals surface area contributed by atoms with Crippen molar-refractivity contribution >= 4 is 11.6 Å². The van der Waals surface area contributed by atoms with E-state index in [4.69, 9.17) is 27.2 Å². The van der Waals surface area contributed by atoms with Gasteiger partial charge in [0.1, 0.15) is 0 Å².